The van der Waals surface area contributed by atoms with Crippen molar-refractivity contribution < 1.29 is 19.1 Å². The molecule has 0 unspecified atom stereocenters. The molecule has 2 N–H and O–H groups in total. The minimum atomic E-state index is -0.848. The zero-order valence-electron chi connectivity index (χ0n) is 13.5. The normalized spacial score (nSPS) is 10.7. The third-order valence-electron chi connectivity index (χ3n) is 2.54. The van der Waals surface area contributed by atoms with E-state index in [4.69, 9.17) is 21.1 Å². The van der Waals surface area contributed by atoms with E-state index in [0.717, 1.165) is 0 Å². The van der Waals surface area contributed by atoms with Crippen molar-refractivity contribution in [2.75, 3.05) is 13.7 Å². The van der Waals surface area contributed by atoms with Crippen LogP contribution in [-0.4, -0.2) is 37.8 Å². The first-order chi connectivity index (χ1) is 10.9. The summed E-state index contributed by atoms with van der Waals surface area (Å²) in [5.41, 5.74) is 2.73. The van der Waals surface area contributed by atoms with Crippen LogP contribution in [0.1, 0.15) is 26.3 Å². The van der Waals surface area contributed by atoms with Crippen LogP contribution in [-0.2, 0) is 9.59 Å². The van der Waals surface area contributed by atoms with Crippen LogP contribution in [0.3, 0.4) is 0 Å². The number of nitrogens with zero attached hydrogens (tertiary/aromatic N) is 1. The van der Waals surface area contributed by atoms with E-state index >= 15 is 0 Å². The van der Waals surface area contributed by atoms with Gasteiger partial charge < -0.3 is 14.8 Å². The predicted molar refractivity (Wildman–Crippen MR) is 88.2 cm³/mol. The summed E-state index contributed by atoms with van der Waals surface area (Å²) in [5, 5.41) is 6.54. The Morgan fingerprint density at radius 2 is 2.04 bits per heavy atom. The second kappa shape index (κ2) is 8.99. The fraction of sp³-hybridized carbons (Fsp3) is 0.400. The number of ether oxygens (including phenoxy) is 2. The molecule has 0 spiro atoms. The van der Waals surface area contributed by atoms with Crippen LogP contribution in [0.15, 0.2) is 17.2 Å². The molecule has 0 heterocycles. The summed E-state index contributed by atoms with van der Waals surface area (Å²) in [4.78, 5) is 22.9. The van der Waals surface area contributed by atoms with Crippen LogP contribution < -0.4 is 20.2 Å². The summed E-state index contributed by atoms with van der Waals surface area (Å²) in [5.74, 6) is -0.710. The molecule has 1 aromatic rings. The number of nitrogens with one attached hydrogen (secondary N) is 2. The molecule has 23 heavy (non-hydrogen) atoms. The van der Waals surface area contributed by atoms with Gasteiger partial charge in [0, 0.05) is 6.04 Å². The molecule has 2 amide bonds. The van der Waals surface area contributed by atoms with Gasteiger partial charge in [-0.3, -0.25) is 9.59 Å². The summed E-state index contributed by atoms with van der Waals surface area (Å²) in [7, 11) is 1.49. The number of hydrogen-bond acceptors (Lipinski definition) is 5. The van der Waals surface area contributed by atoms with Gasteiger partial charge in [0.1, 0.15) is 0 Å². The lowest BCUT2D eigenvalue weighted by Crippen LogP contribution is -2.41. The van der Waals surface area contributed by atoms with E-state index in [9.17, 15) is 9.59 Å². The van der Waals surface area contributed by atoms with E-state index in [1.54, 1.807) is 26.0 Å². The Bertz CT molecular complexity index is 603. The van der Waals surface area contributed by atoms with Gasteiger partial charge in [-0.1, -0.05) is 11.6 Å². The summed E-state index contributed by atoms with van der Waals surface area (Å²) in [6, 6.07) is 3.14. The molecule has 1 rings (SSSR count). The first kappa shape index (κ1) is 18.8. The van der Waals surface area contributed by atoms with Crippen molar-refractivity contribution >= 4 is 29.6 Å². The van der Waals surface area contributed by atoms with Crippen molar-refractivity contribution in [2.45, 2.75) is 26.8 Å². The highest BCUT2D eigenvalue weighted by Gasteiger charge is 2.13. The summed E-state index contributed by atoms with van der Waals surface area (Å²) < 4.78 is 10.6. The number of hydrogen-bond donors (Lipinski definition) is 2. The minimum Gasteiger partial charge on any atom is -0.491 e. The third-order valence-corrected chi connectivity index (χ3v) is 2.82. The van der Waals surface area contributed by atoms with Crippen molar-refractivity contribution in [1.29, 1.82) is 0 Å². The molecule has 0 bridgehead atoms. The maximum Gasteiger partial charge on any atom is 0.329 e. The zero-order chi connectivity index (χ0) is 17.4. The van der Waals surface area contributed by atoms with Gasteiger partial charge in [0.05, 0.1) is 25.0 Å². The van der Waals surface area contributed by atoms with E-state index in [1.807, 2.05) is 6.92 Å². The highest BCUT2D eigenvalue weighted by Crippen LogP contribution is 2.35. The van der Waals surface area contributed by atoms with Gasteiger partial charge in [-0.15, -0.1) is 0 Å². The fourth-order valence-corrected chi connectivity index (χ4v) is 1.96. The van der Waals surface area contributed by atoms with E-state index in [0.29, 0.717) is 28.7 Å². The fourth-order valence-electron chi connectivity index (χ4n) is 1.67. The van der Waals surface area contributed by atoms with E-state index in [-0.39, 0.29) is 6.04 Å². The molecule has 0 aromatic heterocycles. The van der Waals surface area contributed by atoms with Crippen LogP contribution in [0, 0.1) is 0 Å². The highest BCUT2D eigenvalue weighted by molar-refractivity contribution is 6.35. The first-order valence-corrected chi connectivity index (χ1v) is 7.41. The van der Waals surface area contributed by atoms with E-state index < -0.39 is 11.8 Å². The second-order valence-corrected chi connectivity index (χ2v) is 5.20. The third kappa shape index (κ3) is 5.78. The summed E-state index contributed by atoms with van der Waals surface area (Å²) >= 11 is 6.10. The van der Waals surface area contributed by atoms with Crippen LogP contribution >= 0.6 is 11.6 Å². The van der Waals surface area contributed by atoms with Crippen molar-refractivity contribution in [2.24, 2.45) is 5.10 Å². The van der Waals surface area contributed by atoms with Gasteiger partial charge >= 0.3 is 11.8 Å². The number of benzene rings is 1. The van der Waals surface area contributed by atoms with Gasteiger partial charge in [0.15, 0.2) is 11.5 Å². The predicted octanol–water partition coefficient (Wildman–Crippen LogP) is 1.72. The van der Waals surface area contributed by atoms with Crippen LogP contribution in [0.2, 0.25) is 5.02 Å². The molecule has 0 saturated carbocycles. The van der Waals surface area contributed by atoms with Crippen molar-refractivity contribution in [3.8, 4) is 11.5 Å². The number of hydrazone groups is 1. The van der Waals surface area contributed by atoms with Gasteiger partial charge in [0.2, 0.25) is 0 Å². The Morgan fingerprint density at radius 1 is 1.35 bits per heavy atom. The quantitative estimate of drug-likeness (QED) is 0.468. The van der Waals surface area contributed by atoms with Gasteiger partial charge in [-0.05, 0) is 38.5 Å². The van der Waals surface area contributed by atoms with Crippen LogP contribution in [0.5, 0.6) is 11.5 Å². The molecule has 0 fully saturated rings. The van der Waals surface area contributed by atoms with E-state index in [1.165, 1.54) is 13.3 Å². The molecule has 1 aromatic carbocycles. The van der Waals surface area contributed by atoms with Crippen LogP contribution in [0.25, 0.3) is 0 Å². The molecule has 126 valence electrons. The van der Waals surface area contributed by atoms with Crippen molar-refractivity contribution in [3.63, 3.8) is 0 Å². The zero-order valence-corrected chi connectivity index (χ0v) is 14.2. The first-order valence-electron chi connectivity index (χ1n) is 7.03. The lowest BCUT2D eigenvalue weighted by atomic mass is 10.2. The Labute approximate surface area is 140 Å². The van der Waals surface area contributed by atoms with Crippen LogP contribution in [0.4, 0.5) is 0 Å². The second-order valence-electron chi connectivity index (χ2n) is 4.79. The number of methoxy groups -OCH3 is 1. The number of carbonyl (C=O) groups is 2. The molecule has 0 saturated heterocycles. The molecule has 0 aliphatic heterocycles. The van der Waals surface area contributed by atoms with Gasteiger partial charge in [0.25, 0.3) is 0 Å². The Hall–Kier alpha value is -2.28. The minimum absolute atomic E-state index is 0.133. The summed E-state index contributed by atoms with van der Waals surface area (Å²) in [6.07, 6.45) is 1.36. The molecule has 8 heteroatoms. The Balaban J connectivity index is 2.80. The monoisotopic (exact) mass is 341 g/mol. The lowest BCUT2D eigenvalue weighted by Gasteiger charge is -2.11. The average molecular weight is 342 g/mol. The molecule has 0 radical (unpaired) electrons. The maximum atomic E-state index is 11.5. The number of rotatable bonds is 6. The number of carbonyl (C=O) groups excluding carboxylic acids is 2. The topological polar surface area (TPSA) is 89.0 Å². The SMILES string of the molecule is CCOc1cc(/C=N\NC(=O)C(=O)NC(C)C)cc(Cl)c1OC. The maximum absolute atomic E-state index is 11.5. The van der Waals surface area contributed by atoms with Gasteiger partial charge in [-0.25, -0.2) is 5.43 Å². The Morgan fingerprint density at radius 3 is 2.61 bits per heavy atom. The lowest BCUT2D eigenvalue weighted by molar-refractivity contribution is -0.139. The molecule has 0 aliphatic rings. The van der Waals surface area contributed by atoms with E-state index in [2.05, 4.69) is 15.8 Å². The van der Waals surface area contributed by atoms with Crippen molar-refractivity contribution in [1.82, 2.24) is 10.7 Å². The van der Waals surface area contributed by atoms with Crippen molar-refractivity contribution in [3.05, 3.63) is 22.7 Å². The molecule has 7 nitrogen and oxygen atoms in total. The number of amides is 2. The molecular weight excluding hydrogens is 322 g/mol. The molecule has 0 aliphatic carbocycles. The highest BCUT2D eigenvalue weighted by atomic mass is 35.5. The Kier molecular flexibility index (Phi) is 7.34. The summed E-state index contributed by atoms with van der Waals surface area (Å²) in [6.45, 7) is 5.78. The average Bonchev–Trinajstić information content (AvgIpc) is 2.46. The molecule has 0 atom stereocenters. The standard InChI is InChI=1S/C15H20ClN3O4/c1-5-23-12-7-10(6-11(16)13(12)22-4)8-17-19-15(21)14(20)18-9(2)3/h6-9H,5H2,1-4H3,(H,18,20)(H,19,21)/b17-8-. The number of halogens is 1. The van der Waals surface area contributed by atoms with Gasteiger partial charge in [-0.2, -0.15) is 5.10 Å². The largest absolute Gasteiger partial charge is 0.491 e. The smallest absolute Gasteiger partial charge is 0.329 e. The molecular formula is C15H20ClN3O4.